The Morgan fingerprint density at radius 3 is 2.58 bits per heavy atom. The first-order valence-electron chi connectivity index (χ1n) is 8.84. The second-order valence-electron chi connectivity index (χ2n) is 6.53. The van der Waals surface area contributed by atoms with Crippen LogP contribution in [0.3, 0.4) is 0 Å². The molecule has 0 radical (unpaired) electrons. The van der Waals surface area contributed by atoms with Gasteiger partial charge in [0, 0.05) is 12.0 Å². The van der Waals surface area contributed by atoms with Crippen LogP contribution in [0.5, 0.6) is 5.75 Å². The number of benzene rings is 1. The van der Waals surface area contributed by atoms with Crippen molar-refractivity contribution in [3.8, 4) is 11.8 Å². The minimum absolute atomic E-state index is 0.0690. The van der Waals surface area contributed by atoms with Gasteiger partial charge in [-0.3, -0.25) is 4.79 Å². The van der Waals surface area contributed by atoms with Crippen molar-refractivity contribution >= 4 is 5.97 Å². The molecule has 1 aromatic carbocycles. The van der Waals surface area contributed by atoms with E-state index in [0.717, 1.165) is 36.7 Å². The van der Waals surface area contributed by atoms with Gasteiger partial charge in [0.2, 0.25) is 0 Å². The SMILES string of the molecule is CCc1ccc(C2CCC(C(=O)Oc3ccc(C#N)c(F)c3)CC2)nn1. The van der Waals surface area contributed by atoms with Crippen molar-refractivity contribution in [1.29, 1.82) is 5.26 Å². The van der Waals surface area contributed by atoms with Gasteiger partial charge in [-0.1, -0.05) is 6.92 Å². The Labute approximate surface area is 151 Å². The Morgan fingerprint density at radius 2 is 2.00 bits per heavy atom. The number of aryl methyl sites for hydroxylation is 1. The van der Waals surface area contributed by atoms with E-state index < -0.39 is 5.82 Å². The van der Waals surface area contributed by atoms with Gasteiger partial charge in [0.15, 0.2) is 0 Å². The molecule has 2 aromatic rings. The summed E-state index contributed by atoms with van der Waals surface area (Å²) in [5.41, 5.74) is 1.88. The molecule has 1 heterocycles. The monoisotopic (exact) mass is 353 g/mol. The van der Waals surface area contributed by atoms with E-state index in [2.05, 4.69) is 10.2 Å². The summed E-state index contributed by atoms with van der Waals surface area (Å²) in [6, 6.07) is 9.59. The molecule has 1 aliphatic rings. The molecule has 6 heteroatoms. The average Bonchev–Trinajstić information content (AvgIpc) is 2.68. The highest BCUT2D eigenvalue weighted by Crippen LogP contribution is 2.35. The molecule has 0 bridgehead atoms. The van der Waals surface area contributed by atoms with Crippen molar-refractivity contribution in [2.75, 3.05) is 0 Å². The maximum absolute atomic E-state index is 13.6. The number of hydrogen-bond donors (Lipinski definition) is 0. The number of ether oxygens (including phenoxy) is 1. The quantitative estimate of drug-likeness (QED) is 0.615. The number of halogens is 1. The lowest BCUT2D eigenvalue weighted by molar-refractivity contribution is -0.140. The summed E-state index contributed by atoms with van der Waals surface area (Å²) in [6.45, 7) is 2.04. The molecule has 0 unspecified atom stereocenters. The fourth-order valence-corrected chi connectivity index (χ4v) is 3.25. The van der Waals surface area contributed by atoms with Crippen LogP contribution in [0.1, 0.15) is 55.5 Å². The first-order valence-corrected chi connectivity index (χ1v) is 8.84. The molecular formula is C20H20FN3O2. The van der Waals surface area contributed by atoms with E-state index in [-0.39, 0.29) is 23.2 Å². The van der Waals surface area contributed by atoms with Crippen LogP contribution < -0.4 is 4.74 Å². The average molecular weight is 353 g/mol. The molecule has 1 saturated carbocycles. The van der Waals surface area contributed by atoms with Gasteiger partial charge in [-0.15, -0.1) is 0 Å². The van der Waals surface area contributed by atoms with E-state index in [9.17, 15) is 9.18 Å². The van der Waals surface area contributed by atoms with Crippen LogP contribution >= 0.6 is 0 Å². The highest BCUT2D eigenvalue weighted by Gasteiger charge is 2.29. The molecule has 3 rings (SSSR count). The number of carbonyl (C=O) groups excluding carboxylic acids is 1. The van der Waals surface area contributed by atoms with E-state index in [1.54, 1.807) is 6.07 Å². The zero-order valence-electron chi connectivity index (χ0n) is 14.6. The summed E-state index contributed by atoms with van der Waals surface area (Å²) < 4.78 is 18.9. The molecule has 1 aliphatic carbocycles. The van der Waals surface area contributed by atoms with Crippen molar-refractivity contribution in [2.24, 2.45) is 5.92 Å². The van der Waals surface area contributed by atoms with Crippen LogP contribution in [0.4, 0.5) is 4.39 Å². The first-order chi connectivity index (χ1) is 12.6. The normalized spacial score (nSPS) is 19.6. The topological polar surface area (TPSA) is 75.9 Å². The maximum Gasteiger partial charge on any atom is 0.314 e. The van der Waals surface area contributed by atoms with E-state index >= 15 is 0 Å². The summed E-state index contributed by atoms with van der Waals surface area (Å²) in [7, 11) is 0. The van der Waals surface area contributed by atoms with Crippen molar-refractivity contribution in [3.05, 3.63) is 53.1 Å². The molecule has 1 fully saturated rings. The number of esters is 1. The lowest BCUT2D eigenvalue weighted by Gasteiger charge is -2.26. The number of aromatic nitrogens is 2. The lowest BCUT2D eigenvalue weighted by atomic mass is 9.80. The van der Waals surface area contributed by atoms with Crippen LogP contribution in [-0.4, -0.2) is 16.2 Å². The molecule has 0 atom stereocenters. The Hall–Kier alpha value is -2.81. The largest absolute Gasteiger partial charge is 0.426 e. The van der Waals surface area contributed by atoms with Gasteiger partial charge in [0.25, 0.3) is 0 Å². The predicted molar refractivity (Wildman–Crippen MR) is 92.9 cm³/mol. The van der Waals surface area contributed by atoms with Gasteiger partial charge in [-0.05, 0) is 56.4 Å². The second kappa shape index (κ2) is 8.05. The molecule has 0 saturated heterocycles. The molecule has 5 nitrogen and oxygen atoms in total. The molecule has 0 N–H and O–H groups in total. The highest BCUT2D eigenvalue weighted by molar-refractivity contribution is 5.75. The third-order valence-electron chi connectivity index (χ3n) is 4.86. The Morgan fingerprint density at radius 1 is 1.23 bits per heavy atom. The number of nitriles is 1. The number of rotatable bonds is 4. The van der Waals surface area contributed by atoms with Gasteiger partial charge in [-0.2, -0.15) is 15.5 Å². The molecule has 0 aliphatic heterocycles. The minimum atomic E-state index is -0.685. The number of carbonyl (C=O) groups is 1. The molecule has 1 aromatic heterocycles. The Kier molecular flexibility index (Phi) is 5.57. The molecule has 26 heavy (non-hydrogen) atoms. The third-order valence-corrected chi connectivity index (χ3v) is 4.86. The number of nitrogens with zero attached hydrogens (tertiary/aromatic N) is 3. The van der Waals surface area contributed by atoms with Gasteiger partial charge < -0.3 is 4.74 Å². The van der Waals surface area contributed by atoms with Gasteiger partial charge in [0.1, 0.15) is 17.6 Å². The zero-order chi connectivity index (χ0) is 18.5. The van der Waals surface area contributed by atoms with E-state index in [4.69, 9.17) is 10.00 Å². The van der Waals surface area contributed by atoms with E-state index in [0.29, 0.717) is 18.8 Å². The fourth-order valence-electron chi connectivity index (χ4n) is 3.25. The van der Waals surface area contributed by atoms with Crippen LogP contribution in [0, 0.1) is 23.1 Å². The standard InChI is InChI=1S/C20H20FN3O2/c1-2-16-8-10-19(24-23-16)13-3-5-14(6-4-13)20(25)26-17-9-7-15(12-22)18(21)11-17/h7-11,13-14H,2-6H2,1H3. The maximum atomic E-state index is 13.6. The fraction of sp³-hybridized carbons (Fsp3) is 0.400. The Bertz CT molecular complexity index is 822. The van der Waals surface area contributed by atoms with E-state index in [1.807, 2.05) is 19.1 Å². The predicted octanol–water partition coefficient (Wildman–Crippen LogP) is 3.93. The van der Waals surface area contributed by atoms with Gasteiger partial charge >= 0.3 is 5.97 Å². The molecule has 134 valence electrons. The lowest BCUT2D eigenvalue weighted by Crippen LogP contribution is -2.25. The van der Waals surface area contributed by atoms with Gasteiger partial charge in [-0.25, -0.2) is 4.39 Å². The summed E-state index contributed by atoms with van der Waals surface area (Å²) in [5.74, 6) is -0.789. The molecular weight excluding hydrogens is 333 g/mol. The summed E-state index contributed by atoms with van der Waals surface area (Å²) in [6.07, 6.45) is 3.98. The van der Waals surface area contributed by atoms with Crippen molar-refractivity contribution < 1.29 is 13.9 Å². The first kappa shape index (κ1) is 18.0. The summed E-state index contributed by atoms with van der Waals surface area (Å²) in [5, 5.41) is 17.2. The Balaban J connectivity index is 1.56. The van der Waals surface area contributed by atoms with Crippen molar-refractivity contribution in [1.82, 2.24) is 10.2 Å². The molecule has 0 spiro atoms. The minimum Gasteiger partial charge on any atom is -0.426 e. The van der Waals surface area contributed by atoms with Crippen LogP contribution in [-0.2, 0) is 11.2 Å². The third kappa shape index (κ3) is 4.05. The van der Waals surface area contributed by atoms with Gasteiger partial charge in [0.05, 0.1) is 22.9 Å². The van der Waals surface area contributed by atoms with Crippen LogP contribution in [0.25, 0.3) is 0 Å². The number of hydrogen-bond acceptors (Lipinski definition) is 5. The summed E-state index contributed by atoms with van der Waals surface area (Å²) >= 11 is 0. The van der Waals surface area contributed by atoms with Crippen LogP contribution in [0.15, 0.2) is 30.3 Å². The second-order valence-corrected chi connectivity index (χ2v) is 6.53. The summed E-state index contributed by atoms with van der Waals surface area (Å²) in [4.78, 5) is 12.3. The van der Waals surface area contributed by atoms with Crippen LogP contribution in [0.2, 0.25) is 0 Å². The molecule has 0 amide bonds. The van der Waals surface area contributed by atoms with Crippen molar-refractivity contribution in [3.63, 3.8) is 0 Å². The van der Waals surface area contributed by atoms with Crippen molar-refractivity contribution in [2.45, 2.75) is 44.9 Å². The highest BCUT2D eigenvalue weighted by atomic mass is 19.1. The van der Waals surface area contributed by atoms with E-state index in [1.165, 1.54) is 12.1 Å². The zero-order valence-corrected chi connectivity index (χ0v) is 14.6. The smallest absolute Gasteiger partial charge is 0.314 e.